The van der Waals surface area contributed by atoms with Crippen molar-refractivity contribution in [3.05, 3.63) is 0 Å². The number of hydrogen-bond acceptors (Lipinski definition) is 4. The Morgan fingerprint density at radius 3 is 2.41 bits per heavy atom. The highest BCUT2D eigenvalue weighted by molar-refractivity contribution is 5.78. The molecule has 1 heterocycles. The Hall–Kier alpha value is -1.10. The molecule has 1 unspecified atom stereocenters. The number of carbonyl (C=O) groups excluding carboxylic acids is 2. The lowest BCUT2D eigenvalue weighted by Crippen LogP contribution is -2.53. The molecule has 0 aromatic carbocycles. The number of ether oxygens (including phenoxy) is 1. The standard InChI is InChI=1S/C12H22N2O3/c1-4-13(5-2)11(15)7-9-14-8-6-10(14)12(16)17-3/h10H,4-9H2,1-3H3. The van der Waals surface area contributed by atoms with Crippen LogP contribution in [-0.4, -0.2) is 61.0 Å². The molecule has 1 amide bonds. The number of rotatable bonds is 6. The van der Waals surface area contributed by atoms with Crippen LogP contribution >= 0.6 is 0 Å². The van der Waals surface area contributed by atoms with Gasteiger partial charge in [-0.15, -0.1) is 0 Å². The number of methoxy groups -OCH3 is 1. The molecule has 1 aliphatic heterocycles. The fourth-order valence-corrected chi connectivity index (χ4v) is 2.09. The topological polar surface area (TPSA) is 49.9 Å². The maximum atomic E-state index is 11.8. The Morgan fingerprint density at radius 2 is 2.00 bits per heavy atom. The number of esters is 1. The molecule has 0 spiro atoms. The monoisotopic (exact) mass is 242 g/mol. The van der Waals surface area contributed by atoms with Crippen molar-refractivity contribution in [3.63, 3.8) is 0 Å². The van der Waals surface area contributed by atoms with Crippen LogP contribution in [0.3, 0.4) is 0 Å². The van der Waals surface area contributed by atoms with Gasteiger partial charge in [-0.1, -0.05) is 0 Å². The first-order chi connectivity index (χ1) is 8.13. The predicted molar refractivity (Wildman–Crippen MR) is 64.5 cm³/mol. The van der Waals surface area contributed by atoms with Crippen LogP contribution in [0.2, 0.25) is 0 Å². The SMILES string of the molecule is CCN(CC)C(=O)CCN1CCC1C(=O)OC. The number of likely N-dealkylation sites (tertiary alicyclic amines) is 1. The molecule has 17 heavy (non-hydrogen) atoms. The van der Waals surface area contributed by atoms with Gasteiger partial charge in [-0.25, -0.2) is 0 Å². The minimum Gasteiger partial charge on any atom is -0.468 e. The third-order valence-electron chi connectivity index (χ3n) is 3.33. The summed E-state index contributed by atoms with van der Waals surface area (Å²) in [7, 11) is 1.40. The fraction of sp³-hybridized carbons (Fsp3) is 0.833. The van der Waals surface area contributed by atoms with Gasteiger partial charge in [0.1, 0.15) is 6.04 Å². The third kappa shape index (κ3) is 3.43. The molecular formula is C12H22N2O3. The molecule has 1 aliphatic rings. The van der Waals surface area contributed by atoms with Crippen molar-refractivity contribution in [3.8, 4) is 0 Å². The van der Waals surface area contributed by atoms with E-state index in [-0.39, 0.29) is 17.9 Å². The average Bonchev–Trinajstić information content (AvgIpc) is 2.29. The van der Waals surface area contributed by atoms with E-state index in [1.165, 1.54) is 7.11 Å². The summed E-state index contributed by atoms with van der Waals surface area (Å²) in [6, 6.07) is -0.135. The molecule has 5 nitrogen and oxygen atoms in total. The summed E-state index contributed by atoms with van der Waals surface area (Å²) in [5.41, 5.74) is 0. The predicted octanol–water partition coefficient (Wildman–Crippen LogP) is 0.492. The lowest BCUT2D eigenvalue weighted by atomic mass is 10.0. The molecule has 98 valence electrons. The highest BCUT2D eigenvalue weighted by atomic mass is 16.5. The summed E-state index contributed by atoms with van der Waals surface area (Å²) in [4.78, 5) is 26.9. The van der Waals surface area contributed by atoms with E-state index in [0.29, 0.717) is 13.0 Å². The van der Waals surface area contributed by atoms with Gasteiger partial charge in [0.2, 0.25) is 5.91 Å². The van der Waals surface area contributed by atoms with E-state index in [2.05, 4.69) is 0 Å². The van der Waals surface area contributed by atoms with Crippen molar-refractivity contribution in [2.45, 2.75) is 32.7 Å². The first kappa shape index (κ1) is 14.0. The van der Waals surface area contributed by atoms with E-state index < -0.39 is 0 Å². The Balaban J connectivity index is 2.31. The molecule has 1 rings (SSSR count). The van der Waals surface area contributed by atoms with E-state index in [9.17, 15) is 9.59 Å². The molecule has 0 bridgehead atoms. The largest absolute Gasteiger partial charge is 0.468 e. The highest BCUT2D eigenvalue weighted by Crippen LogP contribution is 2.18. The van der Waals surface area contributed by atoms with Crippen molar-refractivity contribution in [1.29, 1.82) is 0 Å². The lowest BCUT2D eigenvalue weighted by Gasteiger charge is -2.38. The molecule has 1 atom stereocenters. The van der Waals surface area contributed by atoms with Crippen molar-refractivity contribution in [2.75, 3.05) is 33.3 Å². The molecule has 0 radical (unpaired) electrons. The molecular weight excluding hydrogens is 220 g/mol. The van der Waals surface area contributed by atoms with Gasteiger partial charge in [0.05, 0.1) is 7.11 Å². The fourth-order valence-electron chi connectivity index (χ4n) is 2.09. The second kappa shape index (κ2) is 6.59. The van der Waals surface area contributed by atoms with Gasteiger partial charge in [-0.05, 0) is 20.3 Å². The molecule has 0 N–H and O–H groups in total. The third-order valence-corrected chi connectivity index (χ3v) is 3.33. The number of hydrogen-bond donors (Lipinski definition) is 0. The summed E-state index contributed by atoms with van der Waals surface area (Å²) >= 11 is 0. The van der Waals surface area contributed by atoms with E-state index in [4.69, 9.17) is 4.74 Å². The summed E-state index contributed by atoms with van der Waals surface area (Å²) in [5.74, 6) is -0.0305. The van der Waals surface area contributed by atoms with Crippen LogP contribution in [0.15, 0.2) is 0 Å². The number of carbonyl (C=O) groups is 2. The minimum absolute atomic E-state index is 0.135. The van der Waals surface area contributed by atoms with Gasteiger partial charge in [0.15, 0.2) is 0 Å². The zero-order chi connectivity index (χ0) is 12.8. The Bertz CT molecular complexity index is 277. The molecule has 0 aliphatic carbocycles. The van der Waals surface area contributed by atoms with Crippen molar-refractivity contribution in [2.24, 2.45) is 0 Å². The van der Waals surface area contributed by atoms with Crippen LogP contribution in [0.25, 0.3) is 0 Å². The second-order valence-corrected chi connectivity index (χ2v) is 4.18. The molecule has 0 aromatic rings. The summed E-state index contributed by atoms with van der Waals surface area (Å²) in [6.45, 7) is 6.97. The van der Waals surface area contributed by atoms with Crippen LogP contribution < -0.4 is 0 Å². The molecule has 1 saturated heterocycles. The van der Waals surface area contributed by atoms with Crippen LogP contribution in [0.4, 0.5) is 0 Å². The van der Waals surface area contributed by atoms with E-state index in [0.717, 1.165) is 26.1 Å². The quantitative estimate of drug-likeness (QED) is 0.636. The van der Waals surface area contributed by atoms with Gasteiger partial charge in [0, 0.05) is 32.6 Å². The van der Waals surface area contributed by atoms with E-state index in [1.807, 2.05) is 23.6 Å². The van der Waals surface area contributed by atoms with Gasteiger partial charge in [-0.3, -0.25) is 14.5 Å². The zero-order valence-corrected chi connectivity index (χ0v) is 10.9. The smallest absolute Gasteiger partial charge is 0.323 e. The normalized spacial score (nSPS) is 19.6. The van der Waals surface area contributed by atoms with Crippen molar-refractivity contribution < 1.29 is 14.3 Å². The Kier molecular flexibility index (Phi) is 5.41. The molecule has 1 fully saturated rings. The molecule has 0 saturated carbocycles. The van der Waals surface area contributed by atoms with Crippen LogP contribution in [0, 0.1) is 0 Å². The zero-order valence-electron chi connectivity index (χ0n) is 10.9. The molecule has 0 aromatic heterocycles. The van der Waals surface area contributed by atoms with E-state index in [1.54, 1.807) is 0 Å². The number of nitrogens with zero attached hydrogens (tertiary/aromatic N) is 2. The second-order valence-electron chi connectivity index (χ2n) is 4.18. The lowest BCUT2D eigenvalue weighted by molar-refractivity contribution is -0.152. The Morgan fingerprint density at radius 1 is 1.35 bits per heavy atom. The van der Waals surface area contributed by atoms with Gasteiger partial charge in [0.25, 0.3) is 0 Å². The van der Waals surface area contributed by atoms with E-state index >= 15 is 0 Å². The first-order valence-electron chi connectivity index (χ1n) is 6.23. The van der Waals surface area contributed by atoms with Crippen LogP contribution in [0.1, 0.15) is 26.7 Å². The van der Waals surface area contributed by atoms with Crippen LogP contribution in [-0.2, 0) is 14.3 Å². The minimum atomic E-state index is -0.188. The number of amides is 1. The van der Waals surface area contributed by atoms with Crippen molar-refractivity contribution in [1.82, 2.24) is 9.80 Å². The van der Waals surface area contributed by atoms with Crippen LogP contribution in [0.5, 0.6) is 0 Å². The summed E-state index contributed by atoms with van der Waals surface area (Å²) in [6.07, 6.45) is 1.32. The molecule has 5 heteroatoms. The maximum absolute atomic E-state index is 11.8. The highest BCUT2D eigenvalue weighted by Gasteiger charge is 2.34. The average molecular weight is 242 g/mol. The van der Waals surface area contributed by atoms with Gasteiger partial charge >= 0.3 is 5.97 Å². The summed E-state index contributed by atoms with van der Waals surface area (Å²) < 4.78 is 4.71. The summed E-state index contributed by atoms with van der Waals surface area (Å²) in [5, 5.41) is 0. The van der Waals surface area contributed by atoms with Crippen molar-refractivity contribution >= 4 is 11.9 Å². The first-order valence-corrected chi connectivity index (χ1v) is 6.23. The maximum Gasteiger partial charge on any atom is 0.323 e. The van der Waals surface area contributed by atoms with Gasteiger partial charge < -0.3 is 9.64 Å². The van der Waals surface area contributed by atoms with Gasteiger partial charge in [-0.2, -0.15) is 0 Å². The Labute approximate surface area is 103 Å².